The molecule has 1 fully saturated rings. The molecule has 0 amide bonds. The summed E-state index contributed by atoms with van der Waals surface area (Å²) in [6.07, 6.45) is -3.32. The highest BCUT2D eigenvalue weighted by molar-refractivity contribution is 6.55. The molecule has 0 saturated carbocycles. The Bertz CT molecular complexity index is 673. The van der Waals surface area contributed by atoms with E-state index in [1.165, 1.54) is 6.07 Å². The van der Waals surface area contributed by atoms with Crippen LogP contribution in [0.5, 0.6) is 5.75 Å². The van der Waals surface area contributed by atoms with Gasteiger partial charge in [0.25, 0.3) is 0 Å². The summed E-state index contributed by atoms with van der Waals surface area (Å²) in [5.74, 6) is -1.98. The zero-order chi connectivity index (χ0) is 19.8. The number of likely N-dealkylation sites (N-methyl/N-ethyl adjacent to an activating group) is 1. The molecule has 1 saturated heterocycles. The minimum Gasteiger partial charge on any atom is -0.403 e. The molecule has 1 aliphatic rings. The molecule has 0 radical (unpaired) electrons. The second-order valence-electron chi connectivity index (χ2n) is 7.08. The van der Waals surface area contributed by atoms with Gasteiger partial charge in [0.05, 0.1) is 11.2 Å². The Morgan fingerprint density at radius 1 is 1.19 bits per heavy atom. The van der Waals surface area contributed by atoms with Crippen LogP contribution in [-0.4, -0.2) is 38.3 Å². The van der Waals surface area contributed by atoms with Crippen LogP contribution in [0.15, 0.2) is 23.7 Å². The molecule has 1 N–H and O–H groups in total. The molecule has 0 aliphatic carbocycles. The normalized spacial score (nSPS) is 19.7. The summed E-state index contributed by atoms with van der Waals surface area (Å²) in [5.41, 5.74) is -0.0210. The Labute approximate surface area is 150 Å². The largest absolute Gasteiger partial charge is 0.573 e. The predicted molar refractivity (Wildman–Crippen MR) is 91.1 cm³/mol. The molecule has 2 rings (SSSR count). The van der Waals surface area contributed by atoms with E-state index in [4.69, 9.17) is 9.31 Å². The second-order valence-corrected chi connectivity index (χ2v) is 7.08. The Hall–Kier alpha value is -1.58. The molecule has 144 valence electrons. The summed E-state index contributed by atoms with van der Waals surface area (Å²) in [4.78, 5) is 0. The number of hydrogen-bond donors (Lipinski definition) is 1. The molecular formula is C17H22BF4NO3. The van der Waals surface area contributed by atoms with E-state index in [1.54, 1.807) is 13.1 Å². The summed E-state index contributed by atoms with van der Waals surface area (Å²) in [7, 11) is 1.08. The SMILES string of the molecule is CNCC(=Cc1ccc(OC(F)(F)F)c(F)c1)B1OC(C)(C)C(C)(C)O1. The van der Waals surface area contributed by atoms with E-state index < -0.39 is 36.2 Å². The van der Waals surface area contributed by atoms with Crippen LogP contribution >= 0.6 is 0 Å². The first-order valence-electron chi connectivity index (χ1n) is 8.10. The van der Waals surface area contributed by atoms with Gasteiger partial charge >= 0.3 is 13.5 Å². The quantitative estimate of drug-likeness (QED) is 0.625. The Kier molecular flexibility index (Phi) is 5.75. The third kappa shape index (κ3) is 4.78. The van der Waals surface area contributed by atoms with Gasteiger partial charge in [-0.1, -0.05) is 12.1 Å². The van der Waals surface area contributed by atoms with Crippen molar-refractivity contribution in [3.63, 3.8) is 0 Å². The topological polar surface area (TPSA) is 39.7 Å². The van der Waals surface area contributed by atoms with E-state index in [0.717, 1.165) is 12.1 Å². The maximum atomic E-state index is 13.9. The molecule has 26 heavy (non-hydrogen) atoms. The van der Waals surface area contributed by atoms with Crippen LogP contribution in [0.3, 0.4) is 0 Å². The van der Waals surface area contributed by atoms with Crippen LogP contribution in [0.4, 0.5) is 17.6 Å². The fraction of sp³-hybridized carbons (Fsp3) is 0.529. The van der Waals surface area contributed by atoms with Gasteiger partial charge in [-0.2, -0.15) is 0 Å². The lowest BCUT2D eigenvalue weighted by Crippen LogP contribution is -2.41. The van der Waals surface area contributed by atoms with Crippen LogP contribution in [0.2, 0.25) is 0 Å². The third-order valence-electron chi connectivity index (χ3n) is 4.47. The number of alkyl halides is 3. The molecule has 9 heteroatoms. The first-order chi connectivity index (χ1) is 11.8. The highest BCUT2D eigenvalue weighted by Crippen LogP contribution is 2.38. The van der Waals surface area contributed by atoms with Crippen LogP contribution in [-0.2, 0) is 9.31 Å². The Balaban J connectivity index is 2.28. The maximum Gasteiger partial charge on any atom is 0.573 e. The summed E-state index contributed by atoms with van der Waals surface area (Å²) in [6, 6.07) is 3.25. The summed E-state index contributed by atoms with van der Waals surface area (Å²) in [6.45, 7) is 8.04. The monoisotopic (exact) mass is 375 g/mol. The standard InChI is InChI=1S/C17H22BF4NO3/c1-15(2)16(3,4)26-18(25-15)12(10-23-5)8-11-6-7-14(13(19)9-11)24-17(20,21)22/h6-9,23H,10H2,1-5H3. The summed E-state index contributed by atoms with van der Waals surface area (Å²) < 4.78 is 66.2. The molecule has 0 spiro atoms. The average Bonchev–Trinajstić information content (AvgIpc) is 2.68. The lowest BCUT2D eigenvalue weighted by Gasteiger charge is -2.32. The van der Waals surface area contributed by atoms with E-state index >= 15 is 0 Å². The number of rotatable bonds is 5. The van der Waals surface area contributed by atoms with Gasteiger partial charge in [0.2, 0.25) is 0 Å². The van der Waals surface area contributed by atoms with Gasteiger partial charge in [0.15, 0.2) is 11.6 Å². The van der Waals surface area contributed by atoms with Crippen molar-refractivity contribution in [1.29, 1.82) is 0 Å². The van der Waals surface area contributed by atoms with Crippen molar-refractivity contribution in [3.05, 3.63) is 35.1 Å². The second kappa shape index (κ2) is 7.21. The minimum absolute atomic E-state index is 0.372. The minimum atomic E-state index is -4.95. The third-order valence-corrected chi connectivity index (χ3v) is 4.47. The lowest BCUT2D eigenvalue weighted by molar-refractivity contribution is -0.275. The van der Waals surface area contributed by atoms with Gasteiger partial charge in [0.1, 0.15) is 0 Å². The van der Waals surface area contributed by atoms with Crippen molar-refractivity contribution in [2.75, 3.05) is 13.6 Å². The van der Waals surface area contributed by atoms with Crippen LogP contribution in [0.25, 0.3) is 6.08 Å². The van der Waals surface area contributed by atoms with Gasteiger partial charge < -0.3 is 19.4 Å². The van der Waals surface area contributed by atoms with Gasteiger partial charge in [0, 0.05) is 6.54 Å². The predicted octanol–water partition coefficient (Wildman–Crippen LogP) is 3.96. The molecule has 0 unspecified atom stereocenters. The Morgan fingerprint density at radius 3 is 2.23 bits per heavy atom. The molecule has 1 aliphatic heterocycles. The Morgan fingerprint density at radius 2 is 1.77 bits per heavy atom. The van der Waals surface area contributed by atoms with Crippen molar-refractivity contribution in [3.8, 4) is 5.75 Å². The average molecular weight is 375 g/mol. The van der Waals surface area contributed by atoms with Crippen LogP contribution < -0.4 is 10.1 Å². The fourth-order valence-electron chi connectivity index (χ4n) is 2.43. The number of hydrogen-bond acceptors (Lipinski definition) is 4. The van der Waals surface area contributed by atoms with E-state index in [2.05, 4.69) is 10.1 Å². The molecule has 0 bridgehead atoms. The number of benzene rings is 1. The van der Waals surface area contributed by atoms with Crippen LogP contribution in [0.1, 0.15) is 33.3 Å². The van der Waals surface area contributed by atoms with Crippen molar-refractivity contribution in [2.45, 2.75) is 45.3 Å². The fourth-order valence-corrected chi connectivity index (χ4v) is 2.43. The summed E-state index contributed by atoms with van der Waals surface area (Å²) in [5, 5.41) is 2.98. The van der Waals surface area contributed by atoms with Gasteiger partial charge in [-0.25, -0.2) is 4.39 Å². The summed E-state index contributed by atoms with van der Waals surface area (Å²) >= 11 is 0. The van der Waals surface area contributed by atoms with E-state index in [0.29, 0.717) is 17.6 Å². The lowest BCUT2D eigenvalue weighted by atomic mass is 9.77. The van der Waals surface area contributed by atoms with Crippen molar-refractivity contribution in [1.82, 2.24) is 5.32 Å². The van der Waals surface area contributed by atoms with Crippen molar-refractivity contribution in [2.24, 2.45) is 0 Å². The van der Waals surface area contributed by atoms with Gasteiger partial charge in [-0.15, -0.1) is 13.2 Å². The number of nitrogens with one attached hydrogen (secondary N) is 1. The number of halogens is 4. The van der Waals surface area contributed by atoms with Crippen LogP contribution in [0, 0.1) is 5.82 Å². The van der Waals surface area contributed by atoms with E-state index in [1.807, 2.05) is 27.7 Å². The molecule has 1 aromatic rings. The zero-order valence-electron chi connectivity index (χ0n) is 15.3. The van der Waals surface area contributed by atoms with E-state index in [9.17, 15) is 17.6 Å². The smallest absolute Gasteiger partial charge is 0.403 e. The molecule has 1 aromatic carbocycles. The van der Waals surface area contributed by atoms with Crippen molar-refractivity contribution < 1.29 is 31.6 Å². The molecular weight excluding hydrogens is 353 g/mol. The maximum absolute atomic E-state index is 13.9. The first-order valence-corrected chi connectivity index (χ1v) is 8.10. The highest BCUT2D eigenvalue weighted by Gasteiger charge is 2.52. The molecule has 0 aromatic heterocycles. The van der Waals surface area contributed by atoms with Crippen molar-refractivity contribution >= 4 is 13.2 Å². The molecule has 4 nitrogen and oxygen atoms in total. The molecule has 0 atom stereocenters. The highest BCUT2D eigenvalue weighted by atomic mass is 19.4. The van der Waals surface area contributed by atoms with Gasteiger partial charge in [-0.3, -0.25) is 0 Å². The van der Waals surface area contributed by atoms with Gasteiger partial charge in [-0.05, 0) is 57.9 Å². The van der Waals surface area contributed by atoms with E-state index in [-0.39, 0.29) is 0 Å². The first kappa shape index (κ1) is 20.7. The zero-order valence-corrected chi connectivity index (χ0v) is 15.3. The number of ether oxygens (including phenoxy) is 1. The molecule has 1 heterocycles.